The van der Waals surface area contributed by atoms with E-state index >= 15 is 0 Å². The molecule has 0 saturated heterocycles. The van der Waals surface area contributed by atoms with E-state index in [2.05, 4.69) is 10.3 Å². The van der Waals surface area contributed by atoms with Gasteiger partial charge < -0.3 is 4.74 Å². The largest absolute Gasteiger partial charge is 0.466 e. The SMILES string of the molecule is CCOC(=O)C1CCc2nc(NC(=O)C(Cl)Cl)sc2C1. The van der Waals surface area contributed by atoms with Gasteiger partial charge >= 0.3 is 5.97 Å². The number of halogens is 2. The number of thiazole rings is 1. The average molecular weight is 337 g/mol. The number of anilines is 1. The lowest BCUT2D eigenvalue weighted by molar-refractivity contribution is -0.148. The molecule has 1 aliphatic carbocycles. The fourth-order valence-electron chi connectivity index (χ4n) is 2.05. The summed E-state index contributed by atoms with van der Waals surface area (Å²) < 4.78 is 5.04. The van der Waals surface area contributed by atoms with Crippen LogP contribution in [-0.2, 0) is 27.2 Å². The van der Waals surface area contributed by atoms with Gasteiger partial charge in [0, 0.05) is 4.88 Å². The van der Waals surface area contributed by atoms with E-state index in [-0.39, 0.29) is 11.9 Å². The third-order valence-corrected chi connectivity index (χ3v) is 4.42. The van der Waals surface area contributed by atoms with Crippen LogP contribution < -0.4 is 5.32 Å². The molecule has 0 aromatic carbocycles. The molecular weight excluding hydrogens is 323 g/mol. The highest BCUT2D eigenvalue weighted by Crippen LogP contribution is 2.33. The maximum atomic E-state index is 11.7. The monoisotopic (exact) mass is 336 g/mol. The average Bonchev–Trinajstić information content (AvgIpc) is 2.79. The number of alkyl halides is 2. The van der Waals surface area contributed by atoms with Gasteiger partial charge in [-0.1, -0.05) is 23.2 Å². The van der Waals surface area contributed by atoms with Crippen LogP contribution in [0, 0.1) is 5.92 Å². The van der Waals surface area contributed by atoms with E-state index in [1.807, 2.05) is 0 Å². The molecule has 1 amide bonds. The van der Waals surface area contributed by atoms with Crippen LogP contribution in [-0.4, -0.2) is 28.3 Å². The summed E-state index contributed by atoms with van der Waals surface area (Å²) in [6.07, 6.45) is 2.03. The second-order valence-corrected chi connectivity index (χ2v) is 6.55. The molecule has 8 heteroatoms. The number of carbonyl (C=O) groups excluding carboxylic acids is 2. The Morgan fingerprint density at radius 3 is 2.95 bits per heavy atom. The van der Waals surface area contributed by atoms with Gasteiger partial charge in [0.15, 0.2) is 9.97 Å². The number of carbonyl (C=O) groups is 2. The van der Waals surface area contributed by atoms with Gasteiger partial charge in [0.25, 0.3) is 5.91 Å². The van der Waals surface area contributed by atoms with Crippen molar-refractivity contribution in [3.05, 3.63) is 10.6 Å². The normalized spacial score (nSPS) is 17.7. The zero-order chi connectivity index (χ0) is 14.7. The molecule has 0 spiro atoms. The number of fused-ring (bicyclic) bond motifs is 1. The smallest absolute Gasteiger partial charge is 0.309 e. The molecule has 0 fully saturated rings. The highest BCUT2D eigenvalue weighted by molar-refractivity contribution is 7.16. The molecule has 1 unspecified atom stereocenters. The standard InChI is InChI=1S/C12H14Cl2N2O3S/c1-2-19-11(18)6-3-4-7-8(5-6)20-12(15-7)16-10(17)9(13)14/h6,9H,2-5H2,1H3,(H,15,16,17). The summed E-state index contributed by atoms with van der Waals surface area (Å²) in [5, 5.41) is 3.02. The third-order valence-electron chi connectivity index (χ3n) is 2.99. The van der Waals surface area contributed by atoms with Gasteiger partial charge in [-0.2, -0.15) is 0 Å². The van der Waals surface area contributed by atoms with E-state index in [1.54, 1.807) is 6.92 Å². The Balaban J connectivity index is 2.04. The first-order valence-electron chi connectivity index (χ1n) is 6.25. The molecule has 0 bridgehead atoms. The molecule has 110 valence electrons. The quantitative estimate of drug-likeness (QED) is 0.677. The minimum Gasteiger partial charge on any atom is -0.466 e. The topological polar surface area (TPSA) is 68.3 Å². The fraction of sp³-hybridized carbons (Fsp3) is 0.583. The Labute approximate surface area is 130 Å². The number of hydrogen-bond donors (Lipinski definition) is 1. The van der Waals surface area contributed by atoms with Crippen LogP contribution in [0.2, 0.25) is 0 Å². The summed E-state index contributed by atoms with van der Waals surface area (Å²) in [7, 11) is 0. The summed E-state index contributed by atoms with van der Waals surface area (Å²) in [4.78, 5) is 27.4. The summed E-state index contributed by atoms with van der Waals surface area (Å²) in [6.45, 7) is 2.18. The molecule has 1 heterocycles. The summed E-state index contributed by atoms with van der Waals surface area (Å²) in [6, 6.07) is 0. The predicted octanol–water partition coefficient (Wildman–Crippen LogP) is 2.55. The maximum Gasteiger partial charge on any atom is 0.309 e. The van der Waals surface area contributed by atoms with Gasteiger partial charge in [0.1, 0.15) is 0 Å². The lowest BCUT2D eigenvalue weighted by atomic mass is 9.91. The van der Waals surface area contributed by atoms with Crippen molar-refractivity contribution in [1.82, 2.24) is 4.98 Å². The first kappa shape index (κ1) is 15.5. The van der Waals surface area contributed by atoms with Crippen molar-refractivity contribution in [2.24, 2.45) is 5.92 Å². The molecule has 1 aromatic rings. The van der Waals surface area contributed by atoms with Gasteiger partial charge in [0.2, 0.25) is 0 Å². The summed E-state index contributed by atoms with van der Waals surface area (Å²) >= 11 is 12.3. The number of rotatable bonds is 4. The van der Waals surface area contributed by atoms with Crippen LogP contribution in [0.5, 0.6) is 0 Å². The summed E-state index contributed by atoms with van der Waals surface area (Å²) in [5.41, 5.74) is 0.923. The van der Waals surface area contributed by atoms with Crippen LogP contribution in [0.3, 0.4) is 0 Å². The lowest BCUT2D eigenvalue weighted by Gasteiger charge is -2.18. The van der Waals surface area contributed by atoms with E-state index in [0.29, 0.717) is 24.6 Å². The third kappa shape index (κ3) is 3.62. The molecule has 5 nitrogen and oxygen atoms in total. The molecule has 0 saturated carbocycles. The minimum absolute atomic E-state index is 0.125. The van der Waals surface area contributed by atoms with Crippen molar-refractivity contribution >= 4 is 51.5 Å². The van der Waals surface area contributed by atoms with Crippen molar-refractivity contribution in [2.75, 3.05) is 11.9 Å². The van der Waals surface area contributed by atoms with Gasteiger partial charge in [-0.15, -0.1) is 11.3 Å². The van der Waals surface area contributed by atoms with E-state index in [1.165, 1.54) is 11.3 Å². The Bertz CT molecular complexity index is 519. The molecule has 1 N–H and O–H groups in total. The number of esters is 1. The van der Waals surface area contributed by atoms with Crippen LogP contribution in [0.25, 0.3) is 0 Å². The number of amides is 1. The molecule has 1 atom stereocenters. The van der Waals surface area contributed by atoms with Crippen molar-refractivity contribution in [1.29, 1.82) is 0 Å². The molecule has 1 aliphatic rings. The number of nitrogens with one attached hydrogen (secondary N) is 1. The Morgan fingerprint density at radius 1 is 1.55 bits per heavy atom. The number of aryl methyl sites for hydroxylation is 1. The van der Waals surface area contributed by atoms with Gasteiger partial charge in [-0.05, 0) is 26.2 Å². The number of hydrogen-bond acceptors (Lipinski definition) is 5. The van der Waals surface area contributed by atoms with Gasteiger partial charge in [0.05, 0.1) is 18.2 Å². The van der Waals surface area contributed by atoms with E-state index in [4.69, 9.17) is 27.9 Å². The molecule has 20 heavy (non-hydrogen) atoms. The Kier molecular flexibility index (Phi) is 5.23. The van der Waals surface area contributed by atoms with Crippen LogP contribution >= 0.6 is 34.5 Å². The van der Waals surface area contributed by atoms with Crippen molar-refractivity contribution in [3.8, 4) is 0 Å². The van der Waals surface area contributed by atoms with Crippen molar-refractivity contribution < 1.29 is 14.3 Å². The lowest BCUT2D eigenvalue weighted by Crippen LogP contribution is -2.24. The first-order valence-corrected chi connectivity index (χ1v) is 7.94. The van der Waals surface area contributed by atoms with Crippen molar-refractivity contribution in [3.63, 3.8) is 0 Å². The highest BCUT2D eigenvalue weighted by Gasteiger charge is 2.28. The highest BCUT2D eigenvalue weighted by atomic mass is 35.5. The van der Waals surface area contributed by atoms with Crippen LogP contribution in [0.15, 0.2) is 0 Å². The Morgan fingerprint density at radius 2 is 2.30 bits per heavy atom. The van der Waals surface area contributed by atoms with E-state index < -0.39 is 10.7 Å². The van der Waals surface area contributed by atoms with Crippen LogP contribution in [0.4, 0.5) is 5.13 Å². The maximum absolute atomic E-state index is 11.7. The van der Waals surface area contributed by atoms with Gasteiger partial charge in [-0.3, -0.25) is 14.9 Å². The first-order chi connectivity index (χ1) is 9.51. The molecule has 0 radical (unpaired) electrons. The zero-order valence-electron chi connectivity index (χ0n) is 10.8. The summed E-state index contributed by atoms with van der Waals surface area (Å²) in [5.74, 6) is -0.791. The van der Waals surface area contributed by atoms with E-state index in [0.717, 1.165) is 17.0 Å². The molecular formula is C12H14Cl2N2O3S. The molecule has 0 aliphatic heterocycles. The van der Waals surface area contributed by atoms with Crippen molar-refractivity contribution in [2.45, 2.75) is 31.0 Å². The van der Waals surface area contributed by atoms with E-state index in [9.17, 15) is 9.59 Å². The predicted molar refractivity (Wildman–Crippen MR) is 78.4 cm³/mol. The van der Waals surface area contributed by atoms with Gasteiger partial charge in [-0.25, -0.2) is 4.98 Å². The second kappa shape index (κ2) is 6.74. The zero-order valence-corrected chi connectivity index (χ0v) is 13.1. The number of nitrogens with zero attached hydrogens (tertiary/aromatic N) is 1. The second-order valence-electron chi connectivity index (χ2n) is 4.37. The molecule has 1 aromatic heterocycles. The Hall–Kier alpha value is -0.850. The number of aromatic nitrogens is 1. The number of ether oxygens (including phenoxy) is 1. The van der Waals surface area contributed by atoms with Crippen LogP contribution in [0.1, 0.15) is 23.9 Å². The fourth-order valence-corrected chi connectivity index (χ4v) is 3.25. The molecule has 2 rings (SSSR count). The minimum atomic E-state index is -1.12.